The highest BCUT2D eigenvalue weighted by molar-refractivity contribution is 5.94. The topological polar surface area (TPSA) is 74.8 Å². The molecule has 0 spiro atoms. The van der Waals surface area contributed by atoms with Crippen molar-refractivity contribution in [2.24, 2.45) is 0 Å². The van der Waals surface area contributed by atoms with Crippen LogP contribution in [-0.4, -0.2) is 68.6 Å². The maximum absolute atomic E-state index is 12.1. The molecule has 0 unspecified atom stereocenters. The molecule has 1 N–H and O–H groups in total. The lowest BCUT2D eigenvalue weighted by Gasteiger charge is -2.34. The molecule has 7 nitrogen and oxygen atoms in total. The molecule has 1 aromatic rings. The number of carbonyl (C=O) groups is 2. The number of methoxy groups -OCH3 is 1. The van der Waals surface area contributed by atoms with Gasteiger partial charge in [-0.3, -0.25) is 14.6 Å². The molecule has 1 fully saturated rings. The third kappa shape index (κ3) is 4.42. The molecule has 1 aliphatic heterocycles. The molecular weight excluding hydrogens is 284 g/mol. The molecule has 0 aromatic carbocycles. The number of ether oxygens (including phenoxy) is 1. The van der Waals surface area contributed by atoms with Crippen LogP contribution in [0.15, 0.2) is 18.5 Å². The van der Waals surface area contributed by atoms with E-state index in [9.17, 15) is 9.59 Å². The van der Waals surface area contributed by atoms with Crippen LogP contribution in [-0.2, 0) is 9.53 Å². The van der Waals surface area contributed by atoms with Crippen LogP contribution in [0.5, 0.6) is 0 Å². The summed E-state index contributed by atoms with van der Waals surface area (Å²) in [6, 6.07) is 1.84. The van der Waals surface area contributed by atoms with Crippen LogP contribution in [0, 0.1) is 0 Å². The maximum atomic E-state index is 12.1. The van der Waals surface area contributed by atoms with Gasteiger partial charge in [-0.2, -0.15) is 0 Å². The molecule has 120 valence electrons. The first-order chi connectivity index (χ1) is 10.7. The molecule has 0 saturated carbocycles. The van der Waals surface area contributed by atoms with Gasteiger partial charge in [-0.05, 0) is 12.5 Å². The van der Waals surface area contributed by atoms with Gasteiger partial charge in [-0.15, -0.1) is 0 Å². The van der Waals surface area contributed by atoms with E-state index in [1.165, 1.54) is 0 Å². The average Bonchev–Trinajstić information content (AvgIpc) is 2.59. The van der Waals surface area contributed by atoms with Gasteiger partial charge >= 0.3 is 0 Å². The van der Waals surface area contributed by atoms with E-state index in [-0.39, 0.29) is 5.91 Å². The molecule has 2 heterocycles. The van der Waals surface area contributed by atoms with Crippen LogP contribution in [0.25, 0.3) is 0 Å². The number of piperazine rings is 1. The van der Waals surface area contributed by atoms with Crippen LogP contribution in [0.4, 0.5) is 5.69 Å². The minimum absolute atomic E-state index is 0.128. The van der Waals surface area contributed by atoms with Crippen LogP contribution < -0.4 is 10.2 Å². The summed E-state index contributed by atoms with van der Waals surface area (Å²) in [6.45, 7) is 4.08. The Balaban J connectivity index is 1.92. The molecule has 1 saturated heterocycles. The van der Waals surface area contributed by atoms with Crippen LogP contribution in [0.1, 0.15) is 16.8 Å². The normalized spacial score (nSPS) is 14.8. The fraction of sp³-hybridized carbons (Fsp3) is 0.533. The van der Waals surface area contributed by atoms with Crippen molar-refractivity contribution in [2.45, 2.75) is 6.42 Å². The van der Waals surface area contributed by atoms with Crippen molar-refractivity contribution in [1.82, 2.24) is 15.2 Å². The summed E-state index contributed by atoms with van der Waals surface area (Å²) in [4.78, 5) is 30.8. The Labute approximate surface area is 130 Å². The number of pyridine rings is 1. The Morgan fingerprint density at radius 3 is 2.82 bits per heavy atom. The Kier molecular flexibility index (Phi) is 6.14. The highest BCUT2D eigenvalue weighted by Crippen LogP contribution is 2.16. The standard InChI is InChI=1S/C15H22N4O3/c1-22-8-2-3-17-15(21)13-9-14(11-16-10-13)19-6-4-18(12-20)5-7-19/h9-12H,2-8H2,1H3,(H,17,21). The Morgan fingerprint density at radius 1 is 1.36 bits per heavy atom. The molecule has 0 bridgehead atoms. The molecule has 22 heavy (non-hydrogen) atoms. The molecule has 0 aliphatic carbocycles. The largest absolute Gasteiger partial charge is 0.385 e. The van der Waals surface area contributed by atoms with E-state index in [0.29, 0.717) is 31.8 Å². The van der Waals surface area contributed by atoms with Crippen molar-refractivity contribution in [3.63, 3.8) is 0 Å². The van der Waals surface area contributed by atoms with E-state index >= 15 is 0 Å². The second-order valence-corrected chi connectivity index (χ2v) is 5.16. The maximum Gasteiger partial charge on any atom is 0.252 e. The molecule has 0 radical (unpaired) electrons. The van der Waals surface area contributed by atoms with Crippen molar-refractivity contribution in [1.29, 1.82) is 0 Å². The lowest BCUT2D eigenvalue weighted by atomic mass is 10.2. The van der Waals surface area contributed by atoms with Gasteiger partial charge in [-0.25, -0.2) is 0 Å². The third-order valence-corrected chi connectivity index (χ3v) is 3.63. The highest BCUT2D eigenvalue weighted by Gasteiger charge is 2.17. The van der Waals surface area contributed by atoms with Crippen molar-refractivity contribution in [2.75, 3.05) is 51.3 Å². The molecule has 2 amide bonds. The quantitative estimate of drug-likeness (QED) is 0.572. The fourth-order valence-corrected chi connectivity index (χ4v) is 2.33. The monoisotopic (exact) mass is 306 g/mol. The zero-order valence-electron chi connectivity index (χ0n) is 12.8. The minimum atomic E-state index is -0.128. The second kappa shape index (κ2) is 8.33. The van der Waals surface area contributed by atoms with Crippen LogP contribution in [0.2, 0.25) is 0 Å². The zero-order valence-corrected chi connectivity index (χ0v) is 12.8. The lowest BCUT2D eigenvalue weighted by molar-refractivity contribution is -0.118. The molecule has 1 aliphatic rings. The summed E-state index contributed by atoms with van der Waals surface area (Å²) >= 11 is 0. The Bertz CT molecular complexity index is 501. The van der Waals surface area contributed by atoms with E-state index in [2.05, 4.69) is 15.2 Å². The minimum Gasteiger partial charge on any atom is -0.385 e. The van der Waals surface area contributed by atoms with Gasteiger partial charge in [0.25, 0.3) is 5.91 Å². The summed E-state index contributed by atoms with van der Waals surface area (Å²) in [5.41, 5.74) is 1.46. The second-order valence-electron chi connectivity index (χ2n) is 5.16. The molecule has 1 aromatic heterocycles. The van der Waals surface area contributed by atoms with Gasteiger partial charge in [-0.1, -0.05) is 0 Å². The number of anilines is 1. The molecule has 0 atom stereocenters. The van der Waals surface area contributed by atoms with Crippen LogP contribution >= 0.6 is 0 Å². The summed E-state index contributed by atoms with van der Waals surface area (Å²) in [7, 11) is 1.64. The van der Waals surface area contributed by atoms with E-state index in [0.717, 1.165) is 31.6 Å². The molecular formula is C15H22N4O3. The third-order valence-electron chi connectivity index (χ3n) is 3.63. The predicted octanol–water partition coefficient (Wildman–Crippen LogP) is 0.126. The van der Waals surface area contributed by atoms with E-state index in [1.807, 2.05) is 6.07 Å². The first kappa shape index (κ1) is 16.2. The zero-order chi connectivity index (χ0) is 15.8. The number of hydrogen-bond donors (Lipinski definition) is 1. The van der Waals surface area contributed by atoms with Crippen molar-refractivity contribution in [3.8, 4) is 0 Å². The predicted molar refractivity (Wildman–Crippen MR) is 82.9 cm³/mol. The Morgan fingerprint density at radius 2 is 2.14 bits per heavy atom. The smallest absolute Gasteiger partial charge is 0.252 e. The van der Waals surface area contributed by atoms with Crippen molar-refractivity contribution in [3.05, 3.63) is 24.0 Å². The summed E-state index contributed by atoms with van der Waals surface area (Å²) in [6.07, 6.45) is 4.97. The van der Waals surface area contributed by atoms with Crippen molar-refractivity contribution < 1.29 is 14.3 Å². The van der Waals surface area contributed by atoms with Gasteiger partial charge in [0.1, 0.15) is 0 Å². The summed E-state index contributed by atoms with van der Waals surface area (Å²) < 4.78 is 4.95. The molecule has 7 heteroatoms. The average molecular weight is 306 g/mol. The number of hydrogen-bond acceptors (Lipinski definition) is 5. The van der Waals surface area contributed by atoms with Crippen molar-refractivity contribution >= 4 is 18.0 Å². The number of rotatable bonds is 7. The van der Waals surface area contributed by atoms with Gasteiger partial charge in [0.15, 0.2) is 0 Å². The van der Waals surface area contributed by atoms with E-state index in [4.69, 9.17) is 4.74 Å². The number of nitrogens with zero attached hydrogens (tertiary/aromatic N) is 3. The number of carbonyl (C=O) groups excluding carboxylic acids is 2. The number of amides is 2. The van der Waals surface area contributed by atoms with Gasteiger partial charge in [0.2, 0.25) is 6.41 Å². The number of nitrogens with one attached hydrogen (secondary N) is 1. The summed E-state index contributed by atoms with van der Waals surface area (Å²) in [5, 5.41) is 2.85. The Hall–Kier alpha value is -2.15. The van der Waals surface area contributed by atoms with Crippen LogP contribution in [0.3, 0.4) is 0 Å². The first-order valence-corrected chi connectivity index (χ1v) is 7.41. The lowest BCUT2D eigenvalue weighted by Crippen LogP contribution is -2.45. The van der Waals surface area contributed by atoms with Gasteiger partial charge in [0, 0.05) is 52.6 Å². The SMILES string of the molecule is COCCCNC(=O)c1cncc(N2CCN(C=O)CC2)c1. The first-order valence-electron chi connectivity index (χ1n) is 7.41. The molecule has 2 rings (SSSR count). The van der Waals surface area contributed by atoms with Gasteiger partial charge in [0.05, 0.1) is 17.4 Å². The number of aromatic nitrogens is 1. The summed E-state index contributed by atoms with van der Waals surface area (Å²) in [5.74, 6) is -0.128. The highest BCUT2D eigenvalue weighted by atomic mass is 16.5. The van der Waals surface area contributed by atoms with Gasteiger partial charge < -0.3 is 19.9 Å². The fourth-order valence-electron chi connectivity index (χ4n) is 2.33. The van der Waals surface area contributed by atoms with E-state index < -0.39 is 0 Å². The van der Waals surface area contributed by atoms with E-state index in [1.54, 1.807) is 24.4 Å².